The van der Waals surface area contributed by atoms with Crippen molar-refractivity contribution < 1.29 is 9.50 Å². The average Bonchev–Trinajstić information content (AvgIpc) is 2.59. The molecule has 2 atom stereocenters. The highest BCUT2D eigenvalue weighted by Crippen LogP contribution is 2.40. The summed E-state index contributed by atoms with van der Waals surface area (Å²) in [6, 6.07) is 3.54. The monoisotopic (exact) mass is 222 g/mol. The van der Waals surface area contributed by atoms with E-state index in [2.05, 4.69) is 10.3 Å². The summed E-state index contributed by atoms with van der Waals surface area (Å²) in [4.78, 5) is 4.02. The van der Waals surface area contributed by atoms with Gasteiger partial charge < -0.3 is 10.4 Å². The van der Waals surface area contributed by atoms with Crippen LogP contribution in [-0.4, -0.2) is 22.2 Å². The molecule has 0 spiro atoms. The number of halogens is 1. The summed E-state index contributed by atoms with van der Waals surface area (Å²) in [6.45, 7) is 0. The lowest BCUT2D eigenvalue weighted by Gasteiger charge is -2.36. The summed E-state index contributed by atoms with van der Waals surface area (Å²) < 4.78 is 13.7. The highest BCUT2D eigenvalue weighted by molar-refractivity contribution is 5.19. The number of fused-ring (bicyclic) bond motifs is 2. The zero-order valence-corrected chi connectivity index (χ0v) is 8.99. The van der Waals surface area contributed by atoms with E-state index < -0.39 is 11.4 Å². The van der Waals surface area contributed by atoms with Crippen molar-refractivity contribution in [2.24, 2.45) is 0 Å². The predicted molar refractivity (Wildman–Crippen MR) is 57.3 cm³/mol. The van der Waals surface area contributed by atoms with Crippen LogP contribution in [0.15, 0.2) is 18.3 Å². The molecule has 0 saturated carbocycles. The van der Waals surface area contributed by atoms with Crippen LogP contribution in [0.4, 0.5) is 4.39 Å². The molecule has 2 aliphatic heterocycles. The van der Waals surface area contributed by atoms with Gasteiger partial charge in [0.1, 0.15) is 17.1 Å². The number of rotatable bonds is 1. The molecule has 0 aliphatic carbocycles. The van der Waals surface area contributed by atoms with Crippen molar-refractivity contribution in [1.29, 1.82) is 0 Å². The number of aliphatic hydroxyl groups is 1. The average molecular weight is 222 g/mol. The van der Waals surface area contributed by atoms with Crippen molar-refractivity contribution in [2.75, 3.05) is 0 Å². The smallest absolute Gasteiger partial charge is 0.147 e. The molecule has 2 bridgehead atoms. The SMILES string of the molecule is OC1(c2ncccc2F)CC2CCC(C1)N2. The molecule has 0 aromatic carbocycles. The lowest BCUT2D eigenvalue weighted by Crippen LogP contribution is -2.47. The molecule has 3 heterocycles. The van der Waals surface area contributed by atoms with Gasteiger partial charge in [0, 0.05) is 18.3 Å². The van der Waals surface area contributed by atoms with Crippen LogP contribution < -0.4 is 5.32 Å². The van der Waals surface area contributed by atoms with Crippen molar-refractivity contribution in [1.82, 2.24) is 10.3 Å². The van der Waals surface area contributed by atoms with E-state index in [0.717, 1.165) is 12.8 Å². The second-order valence-electron chi connectivity index (χ2n) is 4.91. The minimum atomic E-state index is -1.08. The van der Waals surface area contributed by atoms with Crippen LogP contribution in [0, 0.1) is 5.82 Å². The molecule has 2 fully saturated rings. The summed E-state index contributed by atoms with van der Waals surface area (Å²) in [5.74, 6) is -0.397. The van der Waals surface area contributed by atoms with Crippen LogP contribution in [0.1, 0.15) is 31.4 Å². The van der Waals surface area contributed by atoms with E-state index in [-0.39, 0.29) is 5.69 Å². The first kappa shape index (κ1) is 10.2. The van der Waals surface area contributed by atoms with E-state index >= 15 is 0 Å². The Hall–Kier alpha value is -1.00. The Balaban J connectivity index is 1.96. The first-order valence-corrected chi connectivity index (χ1v) is 5.77. The Morgan fingerprint density at radius 3 is 2.69 bits per heavy atom. The van der Waals surface area contributed by atoms with Crippen LogP contribution >= 0.6 is 0 Å². The molecule has 16 heavy (non-hydrogen) atoms. The Morgan fingerprint density at radius 1 is 1.38 bits per heavy atom. The Kier molecular flexibility index (Phi) is 2.23. The van der Waals surface area contributed by atoms with Gasteiger partial charge in [-0.2, -0.15) is 0 Å². The maximum absolute atomic E-state index is 13.7. The van der Waals surface area contributed by atoms with Gasteiger partial charge in [-0.25, -0.2) is 4.39 Å². The molecule has 86 valence electrons. The fourth-order valence-corrected chi connectivity index (χ4v) is 3.04. The molecule has 0 radical (unpaired) electrons. The van der Waals surface area contributed by atoms with E-state index in [1.165, 1.54) is 6.07 Å². The highest BCUT2D eigenvalue weighted by atomic mass is 19.1. The Labute approximate surface area is 93.7 Å². The van der Waals surface area contributed by atoms with E-state index in [1.807, 2.05) is 0 Å². The molecule has 2 N–H and O–H groups in total. The van der Waals surface area contributed by atoms with Crippen LogP contribution in [0.25, 0.3) is 0 Å². The van der Waals surface area contributed by atoms with Gasteiger partial charge in [-0.1, -0.05) is 0 Å². The predicted octanol–water partition coefficient (Wildman–Crippen LogP) is 1.32. The van der Waals surface area contributed by atoms with Crippen molar-refractivity contribution in [2.45, 2.75) is 43.4 Å². The number of aromatic nitrogens is 1. The second kappa shape index (κ2) is 3.50. The van der Waals surface area contributed by atoms with Gasteiger partial charge in [-0.05, 0) is 37.8 Å². The van der Waals surface area contributed by atoms with E-state index in [1.54, 1.807) is 12.3 Å². The zero-order valence-electron chi connectivity index (χ0n) is 8.99. The van der Waals surface area contributed by atoms with Gasteiger partial charge in [-0.3, -0.25) is 4.98 Å². The molecule has 2 saturated heterocycles. The lowest BCUT2D eigenvalue weighted by atomic mass is 9.84. The number of hydrogen-bond acceptors (Lipinski definition) is 3. The fraction of sp³-hybridized carbons (Fsp3) is 0.583. The highest BCUT2D eigenvalue weighted by Gasteiger charge is 2.45. The largest absolute Gasteiger partial charge is 0.383 e. The van der Waals surface area contributed by atoms with Gasteiger partial charge in [0.2, 0.25) is 0 Å². The summed E-state index contributed by atoms with van der Waals surface area (Å²) >= 11 is 0. The number of piperidine rings is 1. The van der Waals surface area contributed by atoms with Crippen LogP contribution in [0.3, 0.4) is 0 Å². The summed E-state index contributed by atoms with van der Waals surface area (Å²) in [5, 5.41) is 14.0. The van der Waals surface area contributed by atoms with Crippen LogP contribution in [-0.2, 0) is 5.60 Å². The molecule has 3 rings (SSSR count). The molecule has 2 aliphatic rings. The molecule has 4 heteroatoms. The third-order valence-corrected chi connectivity index (χ3v) is 3.70. The molecular formula is C12H15FN2O. The number of nitrogens with one attached hydrogen (secondary N) is 1. The molecule has 1 aromatic rings. The van der Waals surface area contributed by atoms with Crippen molar-refractivity contribution in [3.8, 4) is 0 Å². The van der Waals surface area contributed by atoms with E-state index in [4.69, 9.17) is 0 Å². The van der Waals surface area contributed by atoms with E-state index in [9.17, 15) is 9.50 Å². The van der Waals surface area contributed by atoms with Gasteiger partial charge in [0.15, 0.2) is 0 Å². The molecule has 3 nitrogen and oxygen atoms in total. The summed E-state index contributed by atoms with van der Waals surface area (Å²) in [6.07, 6.45) is 4.82. The van der Waals surface area contributed by atoms with Crippen molar-refractivity contribution in [3.63, 3.8) is 0 Å². The van der Waals surface area contributed by atoms with Crippen molar-refractivity contribution >= 4 is 0 Å². The van der Waals surface area contributed by atoms with Gasteiger partial charge in [0.25, 0.3) is 0 Å². The topological polar surface area (TPSA) is 45.2 Å². The third kappa shape index (κ3) is 1.53. The molecule has 1 aromatic heterocycles. The third-order valence-electron chi connectivity index (χ3n) is 3.70. The normalized spacial score (nSPS) is 37.6. The van der Waals surface area contributed by atoms with E-state index in [0.29, 0.717) is 24.9 Å². The minimum Gasteiger partial charge on any atom is -0.383 e. The summed E-state index contributed by atoms with van der Waals surface area (Å²) in [7, 11) is 0. The molecule has 0 amide bonds. The van der Waals surface area contributed by atoms with Crippen LogP contribution in [0.2, 0.25) is 0 Å². The van der Waals surface area contributed by atoms with Crippen molar-refractivity contribution in [3.05, 3.63) is 29.8 Å². The first-order valence-electron chi connectivity index (χ1n) is 5.77. The van der Waals surface area contributed by atoms with Gasteiger partial charge >= 0.3 is 0 Å². The maximum Gasteiger partial charge on any atom is 0.147 e. The Morgan fingerprint density at radius 2 is 2.06 bits per heavy atom. The fourth-order valence-electron chi connectivity index (χ4n) is 3.04. The number of pyridine rings is 1. The second-order valence-corrected chi connectivity index (χ2v) is 4.91. The lowest BCUT2D eigenvalue weighted by molar-refractivity contribution is -0.0184. The van der Waals surface area contributed by atoms with Gasteiger partial charge in [0.05, 0.1) is 0 Å². The standard InChI is InChI=1S/C12H15FN2O/c13-10-2-1-5-14-11(10)12(16)6-8-3-4-9(7-12)15-8/h1-2,5,8-9,15-16H,3-4,6-7H2. The minimum absolute atomic E-state index is 0.216. The van der Waals surface area contributed by atoms with Crippen LogP contribution in [0.5, 0.6) is 0 Å². The number of nitrogens with zero attached hydrogens (tertiary/aromatic N) is 1. The Bertz CT molecular complexity index is 398. The quantitative estimate of drug-likeness (QED) is 0.753. The zero-order chi connectivity index (χ0) is 11.2. The summed E-state index contributed by atoms with van der Waals surface area (Å²) in [5.41, 5.74) is -0.865. The number of hydrogen-bond donors (Lipinski definition) is 2. The molecule has 2 unspecified atom stereocenters. The first-order chi connectivity index (χ1) is 7.67. The molecular weight excluding hydrogens is 207 g/mol. The van der Waals surface area contributed by atoms with Gasteiger partial charge in [-0.15, -0.1) is 0 Å². The maximum atomic E-state index is 13.7.